The van der Waals surface area contributed by atoms with Gasteiger partial charge in [0.05, 0.1) is 24.7 Å². The Kier molecular flexibility index (Phi) is 8.78. The molecule has 0 aliphatic carbocycles. The number of nitrogens with one attached hydrogen (secondary N) is 1. The molecule has 1 aliphatic rings. The monoisotopic (exact) mass is 541 g/mol. The molecule has 1 N–H and O–H groups in total. The molecule has 1 fully saturated rings. The summed E-state index contributed by atoms with van der Waals surface area (Å²) in [6.45, 7) is 6.12. The molecule has 12 heteroatoms. The van der Waals surface area contributed by atoms with E-state index in [4.69, 9.17) is 9.47 Å². The van der Waals surface area contributed by atoms with Crippen molar-refractivity contribution in [1.29, 1.82) is 0 Å². The smallest absolute Gasteiger partial charge is 0.411 e. The van der Waals surface area contributed by atoms with Gasteiger partial charge in [-0.25, -0.2) is 14.6 Å². The Balaban J connectivity index is 0.00000385. The molecular formula is C21H28BrN5O5S. The van der Waals surface area contributed by atoms with Gasteiger partial charge in [0, 0.05) is 31.2 Å². The predicted octanol–water partition coefficient (Wildman–Crippen LogP) is 3.79. The number of amides is 2. The van der Waals surface area contributed by atoms with Gasteiger partial charge in [0.1, 0.15) is 11.3 Å². The summed E-state index contributed by atoms with van der Waals surface area (Å²) in [6.07, 6.45) is 2.55. The fraction of sp³-hybridized carbons (Fsp3) is 0.476. The van der Waals surface area contributed by atoms with Crippen molar-refractivity contribution in [3.8, 4) is 0 Å². The van der Waals surface area contributed by atoms with E-state index in [9.17, 15) is 14.4 Å². The second kappa shape index (κ2) is 10.9. The van der Waals surface area contributed by atoms with Gasteiger partial charge in [-0.3, -0.25) is 14.7 Å². The lowest BCUT2D eigenvalue weighted by molar-refractivity contribution is -0.147. The molecule has 180 valence electrons. The summed E-state index contributed by atoms with van der Waals surface area (Å²) in [5.41, 5.74) is 0.720. The van der Waals surface area contributed by atoms with Crippen LogP contribution in [0.5, 0.6) is 0 Å². The first-order valence-corrected chi connectivity index (χ1v) is 11.4. The Labute approximate surface area is 205 Å². The average Bonchev–Trinajstić information content (AvgIpc) is 3.18. The summed E-state index contributed by atoms with van der Waals surface area (Å²) < 4.78 is 11.0. The highest BCUT2D eigenvalue weighted by molar-refractivity contribution is 9.11. The largest absolute Gasteiger partial charge is 0.467 e. The highest BCUT2D eigenvalue weighted by Gasteiger charge is 2.39. The summed E-state index contributed by atoms with van der Waals surface area (Å²) in [5, 5.41) is 4.46. The molecule has 0 saturated carbocycles. The van der Waals surface area contributed by atoms with Gasteiger partial charge in [0.15, 0.2) is 9.96 Å². The minimum atomic E-state index is -0.866. The lowest BCUT2D eigenvalue weighted by Crippen LogP contribution is -2.59. The van der Waals surface area contributed by atoms with E-state index in [2.05, 4.69) is 31.2 Å². The Hall–Kier alpha value is -2.73. The number of rotatable bonds is 4. The summed E-state index contributed by atoms with van der Waals surface area (Å²) in [4.78, 5) is 49.2. The third kappa shape index (κ3) is 6.64. The van der Waals surface area contributed by atoms with Crippen LogP contribution < -0.4 is 10.2 Å². The third-order valence-corrected chi connectivity index (χ3v) is 5.94. The number of nitrogens with zero attached hydrogens (tertiary/aromatic N) is 4. The lowest BCUT2D eigenvalue weighted by Gasteiger charge is -2.41. The summed E-state index contributed by atoms with van der Waals surface area (Å²) in [7, 11) is 1.28. The number of carbonyl (C=O) groups excluding carboxylic acids is 3. The van der Waals surface area contributed by atoms with Crippen molar-refractivity contribution in [2.75, 3.05) is 37.0 Å². The van der Waals surface area contributed by atoms with Crippen LogP contribution in [0.25, 0.3) is 0 Å². The van der Waals surface area contributed by atoms with Crippen LogP contribution in [0, 0.1) is 0 Å². The van der Waals surface area contributed by atoms with E-state index in [-0.39, 0.29) is 32.1 Å². The lowest BCUT2D eigenvalue weighted by atomic mass is 10.1. The van der Waals surface area contributed by atoms with Gasteiger partial charge in [0.2, 0.25) is 0 Å². The van der Waals surface area contributed by atoms with Crippen LogP contribution in [0.4, 0.5) is 16.2 Å². The quantitative estimate of drug-likeness (QED) is 0.581. The fourth-order valence-corrected chi connectivity index (χ4v) is 4.17. The van der Waals surface area contributed by atoms with Crippen LogP contribution in [0.2, 0.25) is 0 Å². The van der Waals surface area contributed by atoms with Crippen LogP contribution >= 0.6 is 27.3 Å². The Morgan fingerprint density at radius 2 is 2.00 bits per heavy atom. The molecule has 3 rings (SSSR count). The molecule has 33 heavy (non-hydrogen) atoms. The topological polar surface area (TPSA) is 114 Å². The molecule has 0 radical (unpaired) electrons. The van der Waals surface area contributed by atoms with Gasteiger partial charge in [-0.1, -0.05) is 7.43 Å². The van der Waals surface area contributed by atoms with Crippen LogP contribution in [-0.4, -0.2) is 71.2 Å². The van der Waals surface area contributed by atoms with E-state index >= 15 is 0 Å². The van der Waals surface area contributed by atoms with Gasteiger partial charge < -0.3 is 19.7 Å². The molecule has 3 heterocycles. The number of hydrogen-bond acceptors (Lipinski definition) is 9. The third-order valence-electron chi connectivity index (χ3n) is 4.58. The Morgan fingerprint density at radius 3 is 2.61 bits per heavy atom. The van der Waals surface area contributed by atoms with E-state index in [1.54, 1.807) is 38.4 Å². The van der Waals surface area contributed by atoms with E-state index in [1.165, 1.54) is 29.5 Å². The van der Waals surface area contributed by atoms with Gasteiger partial charge >= 0.3 is 12.1 Å². The van der Waals surface area contributed by atoms with Crippen molar-refractivity contribution < 1.29 is 23.9 Å². The number of aromatic nitrogens is 2. The molecule has 2 aromatic heterocycles. The van der Waals surface area contributed by atoms with Gasteiger partial charge in [0.25, 0.3) is 5.91 Å². The van der Waals surface area contributed by atoms with Crippen LogP contribution in [0.1, 0.15) is 38.7 Å². The minimum absolute atomic E-state index is 0. The normalized spacial score (nSPS) is 16.0. The van der Waals surface area contributed by atoms with Crippen molar-refractivity contribution in [3.63, 3.8) is 0 Å². The molecule has 0 bridgehead atoms. The average molecular weight is 542 g/mol. The first kappa shape index (κ1) is 26.5. The van der Waals surface area contributed by atoms with Crippen molar-refractivity contribution in [2.45, 2.75) is 39.8 Å². The summed E-state index contributed by atoms with van der Waals surface area (Å²) in [5.74, 6) is -0.925. The second-order valence-electron chi connectivity index (χ2n) is 7.99. The number of thiazole rings is 1. The minimum Gasteiger partial charge on any atom is -0.467 e. The maximum absolute atomic E-state index is 12.7. The number of methoxy groups -OCH3 is 1. The SMILES string of the molecule is C.COC(=O)[C@H]1CN(c2ccncc2NC(=O)c2csc(Br)n2)CCN1C(=O)OC(C)(C)C. The first-order valence-electron chi connectivity index (χ1n) is 9.78. The Bertz CT molecular complexity index is 1010. The highest BCUT2D eigenvalue weighted by atomic mass is 79.9. The van der Waals surface area contributed by atoms with E-state index in [0.29, 0.717) is 21.8 Å². The number of carbonyl (C=O) groups is 3. The zero-order chi connectivity index (χ0) is 23.5. The van der Waals surface area contributed by atoms with Crippen molar-refractivity contribution in [1.82, 2.24) is 14.9 Å². The number of ether oxygens (including phenoxy) is 2. The number of halogens is 1. The zero-order valence-corrected chi connectivity index (χ0v) is 20.5. The molecule has 0 spiro atoms. The predicted molar refractivity (Wildman–Crippen MR) is 130 cm³/mol. The van der Waals surface area contributed by atoms with E-state index in [1.807, 2.05) is 4.90 Å². The van der Waals surface area contributed by atoms with Crippen LogP contribution in [-0.2, 0) is 14.3 Å². The number of anilines is 2. The molecule has 1 saturated heterocycles. The number of esters is 1. The molecule has 1 aliphatic heterocycles. The number of hydrogen-bond donors (Lipinski definition) is 1. The Morgan fingerprint density at radius 1 is 1.27 bits per heavy atom. The van der Waals surface area contributed by atoms with Crippen LogP contribution in [0.15, 0.2) is 27.8 Å². The molecule has 1 atom stereocenters. The van der Waals surface area contributed by atoms with Gasteiger partial charge in [-0.2, -0.15) is 0 Å². The zero-order valence-electron chi connectivity index (χ0n) is 18.1. The second-order valence-corrected chi connectivity index (χ2v) is 10.1. The van der Waals surface area contributed by atoms with Crippen molar-refractivity contribution >= 4 is 56.6 Å². The van der Waals surface area contributed by atoms with Crippen LogP contribution in [0.3, 0.4) is 0 Å². The van der Waals surface area contributed by atoms with Gasteiger partial charge in [-0.15, -0.1) is 11.3 Å². The summed E-state index contributed by atoms with van der Waals surface area (Å²) in [6, 6.07) is 0.874. The molecular weight excluding hydrogens is 514 g/mol. The molecule has 10 nitrogen and oxygen atoms in total. The maximum atomic E-state index is 12.7. The van der Waals surface area contributed by atoms with Crippen molar-refractivity contribution in [3.05, 3.63) is 33.5 Å². The molecule has 0 aromatic carbocycles. The standard InChI is InChI=1S/C20H24BrN5O5S.CH4/c1-20(2,3)31-19(29)26-8-7-25(10-15(26)17(28)30-4)14-5-6-22-9-12(14)23-16(27)13-11-32-18(21)24-13;/h5-6,9,11,15H,7-8,10H2,1-4H3,(H,23,27);1H4/t15-;/m1./s1. The van der Waals surface area contributed by atoms with Crippen molar-refractivity contribution in [2.24, 2.45) is 0 Å². The number of piperazine rings is 1. The maximum Gasteiger partial charge on any atom is 0.411 e. The summed E-state index contributed by atoms with van der Waals surface area (Å²) >= 11 is 4.55. The molecule has 0 unspecified atom stereocenters. The van der Waals surface area contributed by atoms with Gasteiger partial charge in [-0.05, 0) is 42.8 Å². The fourth-order valence-electron chi connectivity index (χ4n) is 3.18. The highest BCUT2D eigenvalue weighted by Crippen LogP contribution is 2.29. The first-order chi connectivity index (χ1) is 15.1. The molecule has 2 amide bonds. The van der Waals surface area contributed by atoms with E-state index < -0.39 is 23.7 Å². The molecule has 2 aromatic rings. The van der Waals surface area contributed by atoms with E-state index in [0.717, 1.165) is 0 Å². The number of pyridine rings is 1.